The van der Waals surface area contributed by atoms with Gasteiger partial charge in [-0.25, -0.2) is 0 Å². The molecule has 1 aliphatic rings. The summed E-state index contributed by atoms with van der Waals surface area (Å²) in [5.74, 6) is -0.0694. The number of hydrogen-bond acceptors (Lipinski definition) is 2. The average Bonchev–Trinajstić information content (AvgIpc) is 2.53. The smallest absolute Gasteiger partial charge is 0.316 e. The van der Waals surface area contributed by atoms with E-state index in [0.717, 1.165) is 31.3 Å². The summed E-state index contributed by atoms with van der Waals surface area (Å²) in [6.45, 7) is 8.16. The van der Waals surface area contributed by atoms with Gasteiger partial charge in [-0.3, -0.25) is 4.79 Å². The predicted octanol–water partition coefficient (Wildman–Crippen LogP) is 2.69. The molecule has 0 aliphatic heterocycles. The van der Waals surface area contributed by atoms with Crippen molar-refractivity contribution in [3.05, 3.63) is 12.2 Å². The van der Waals surface area contributed by atoms with E-state index in [4.69, 9.17) is 4.74 Å². The monoisotopic (exact) mass is 182 g/mol. The lowest BCUT2D eigenvalue weighted by molar-refractivity contribution is -0.152. The molecule has 1 saturated carbocycles. The normalized spacial score (nSPS) is 19.8. The van der Waals surface area contributed by atoms with Crippen LogP contribution in [0.3, 0.4) is 0 Å². The maximum absolute atomic E-state index is 11.7. The van der Waals surface area contributed by atoms with Crippen LogP contribution in [0.4, 0.5) is 0 Å². The second kappa shape index (κ2) is 3.95. The number of hydrogen-bond donors (Lipinski definition) is 0. The Morgan fingerprint density at radius 2 is 2.00 bits per heavy atom. The number of carbonyl (C=O) groups is 1. The Bertz CT molecular complexity index is 212. The lowest BCUT2D eigenvalue weighted by atomic mass is 9.80. The highest BCUT2D eigenvalue weighted by molar-refractivity contribution is 5.80. The number of ether oxygens (including phenoxy) is 1. The molecular weight excluding hydrogens is 164 g/mol. The lowest BCUT2D eigenvalue weighted by Crippen LogP contribution is -2.31. The fourth-order valence-electron chi connectivity index (χ4n) is 2.05. The standard InChI is InChI=1S/C11H18O2/c1-4-13-10(12)11(9(2)3)7-5-6-8-11/h2,4-8H2,1,3H3. The fourth-order valence-corrected chi connectivity index (χ4v) is 2.05. The topological polar surface area (TPSA) is 26.3 Å². The predicted molar refractivity (Wildman–Crippen MR) is 52.3 cm³/mol. The van der Waals surface area contributed by atoms with Gasteiger partial charge in [0.15, 0.2) is 0 Å². The van der Waals surface area contributed by atoms with Gasteiger partial charge in [-0.15, -0.1) is 0 Å². The van der Waals surface area contributed by atoms with Crippen LogP contribution in [0.2, 0.25) is 0 Å². The van der Waals surface area contributed by atoms with Gasteiger partial charge in [-0.1, -0.05) is 25.0 Å². The minimum Gasteiger partial charge on any atom is -0.465 e. The van der Waals surface area contributed by atoms with E-state index in [1.807, 2.05) is 13.8 Å². The van der Waals surface area contributed by atoms with Crippen molar-refractivity contribution in [1.82, 2.24) is 0 Å². The van der Waals surface area contributed by atoms with Crippen LogP contribution >= 0.6 is 0 Å². The van der Waals surface area contributed by atoms with Crippen LogP contribution in [0.1, 0.15) is 39.5 Å². The van der Waals surface area contributed by atoms with E-state index in [-0.39, 0.29) is 11.4 Å². The van der Waals surface area contributed by atoms with E-state index in [1.54, 1.807) is 0 Å². The zero-order valence-electron chi connectivity index (χ0n) is 8.56. The van der Waals surface area contributed by atoms with Crippen molar-refractivity contribution in [3.63, 3.8) is 0 Å². The molecule has 74 valence electrons. The van der Waals surface area contributed by atoms with Gasteiger partial charge in [0.1, 0.15) is 0 Å². The minimum atomic E-state index is -0.351. The Kier molecular flexibility index (Phi) is 3.12. The number of esters is 1. The van der Waals surface area contributed by atoms with Gasteiger partial charge in [0.25, 0.3) is 0 Å². The van der Waals surface area contributed by atoms with E-state index >= 15 is 0 Å². The second-order valence-electron chi connectivity index (χ2n) is 3.79. The molecule has 0 aromatic heterocycles. The Morgan fingerprint density at radius 3 is 2.38 bits per heavy atom. The molecule has 0 N–H and O–H groups in total. The molecule has 1 aliphatic carbocycles. The van der Waals surface area contributed by atoms with Crippen LogP contribution in [0.15, 0.2) is 12.2 Å². The van der Waals surface area contributed by atoms with E-state index in [9.17, 15) is 4.79 Å². The van der Waals surface area contributed by atoms with Crippen LogP contribution in [0, 0.1) is 5.41 Å². The molecule has 2 nitrogen and oxygen atoms in total. The van der Waals surface area contributed by atoms with Gasteiger partial charge in [0, 0.05) is 0 Å². The maximum atomic E-state index is 11.7. The van der Waals surface area contributed by atoms with Gasteiger partial charge >= 0.3 is 5.97 Å². The quantitative estimate of drug-likeness (QED) is 0.495. The Balaban J connectivity index is 2.78. The minimum absolute atomic E-state index is 0.0694. The summed E-state index contributed by atoms with van der Waals surface area (Å²) < 4.78 is 5.09. The molecule has 1 fully saturated rings. The molecule has 0 saturated heterocycles. The van der Waals surface area contributed by atoms with Crippen LogP contribution in [0.25, 0.3) is 0 Å². The van der Waals surface area contributed by atoms with Crippen molar-refractivity contribution in [2.75, 3.05) is 6.61 Å². The van der Waals surface area contributed by atoms with Gasteiger partial charge < -0.3 is 4.74 Å². The maximum Gasteiger partial charge on any atom is 0.316 e. The summed E-state index contributed by atoms with van der Waals surface area (Å²) >= 11 is 0. The molecule has 0 aromatic rings. The highest BCUT2D eigenvalue weighted by atomic mass is 16.5. The summed E-state index contributed by atoms with van der Waals surface area (Å²) in [7, 11) is 0. The largest absolute Gasteiger partial charge is 0.465 e. The second-order valence-corrected chi connectivity index (χ2v) is 3.79. The van der Waals surface area contributed by atoms with E-state index in [1.165, 1.54) is 0 Å². The number of carbonyl (C=O) groups excluding carboxylic acids is 1. The van der Waals surface area contributed by atoms with Crippen LogP contribution in [-0.2, 0) is 9.53 Å². The fraction of sp³-hybridized carbons (Fsp3) is 0.727. The third kappa shape index (κ3) is 1.77. The van der Waals surface area contributed by atoms with Crippen molar-refractivity contribution in [1.29, 1.82) is 0 Å². The molecule has 0 amide bonds. The first-order chi connectivity index (χ1) is 6.13. The summed E-state index contributed by atoms with van der Waals surface area (Å²) in [6.07, 6.45) is 4.07. The molecule has 0 aromatic carbocycles. The Morgan fingerprint density at radius 1 is 1.46 bits per heavy atom. The first kappa shape index (κ1) is 10.3. The van der Waals surface area contributed by atoms with Gasteiger partial charge in [0.2, 0.25) is 0 Å². The van der Waals surface area contributed by atoms with Crippen molar-refractivity contribution in [3.8, 4) is 0 Å². The SMILES string of the molecule is C=C(C)C1(C(=O)OCC)CCCC1. The number of rotatable bonds is 3. The Hall–Kier alpha value is -0.790. The molecule has 0 unspecified atom stereocenters. The van der Waals surface area contributed by atoms with Crippen LogP contribution in [0.5, 0.6) is 0 Å². The molecule has 2 heteroatoms. The summed E-state index contributed by atoms with van der Waals surface area (Å²) in [5.41, 5.74) is 0.610. The van der Waals surface area contributed by atoms with Gasteiger partial charge in [-0.2, -0.15) is 0 Å². The molecule has 0 radical (unpaired) electrons. The third-order valence-electron chi connectivity index (χ3n) is 2.94. The van der Waals surface area contributed by atoms with E-state index in [2.05, 4.69) is 6.58 Å². The molecule has 0 atom stereocenters. The van der Waals surface area contributed by atoms with Crippen molar-refractivity contribution in [2.45, 2.75) is 39.5 Å². The van der Waals surface area contributed by atoms with Crippen LogP contribution < -0.4 is 0 Å². The van der Waals surface area contributed by atoms with Crippen molar-refractivity contribution >= 4 is 5.97 Å². The summed E-state index contributed by atoms with van der Waals surface area (Å²) in [4.78, 5) is 11.7. The molecule has 1 rings (SSSR count). The molecule has 0 bridgehead atoms. The van der Waals surface area contributed by atoms with Gasteiger partial charge in [-0.05, 0) is 26.7 Å². The Labute approximate surface area is 80.0 Å². The molecular formula is C11H18O2. The first-order valence-electron chi connectivity index (χ1n) is 4.96. The lowest BCUT2D eigenvalue weighted by Gasteiger charge is -2.26. The van der Waals surface area contributed by atoms with Crippen LogP contribution in [-0.4, -0.2) is 12.6 Å². The average molecular weight is 182 g/mol. The van der Waals surface area contributed by atoms with Crippen molar-refractivity contribution in [2.24, 2.45) is 5.41 Å². The zero-order valence-corrected chi connectivity index (χ0v) is 8.56. The third-order valence-corrected chi connectivity index (χ3v) is 2.94. The van der Waals surface area contributed by atoms with E-state index < -0.39 is 0 Å². The summed E-state index contributed by atoms with van der Waals surface area (Å²) in [6, 6.07) is 0. The molecule has 0 heterocycles. The highest BCUT2D eigenvalue weighted by Crippen LogP contribution is 2.44. The first-order valence-corrected chi connectivity index (χ1v) is 4.96. The highest BCUT2D eigenvalue weighted by Gasteiger charge is 2.42. The molecule has 0 spiro atoms. The zero-order chi connectivity index (χ0) is 9.90. The van der Waals surface area contributed by atoms with E-state index in [0.29, 0.717) is 6.61 Å². The van der Waals surface area contributed by atoms with Crippen molar-refractivity contribution < 1.29 is 9.53 Å². The molecule has 13 heavy (non-hydrogen) atoms. The summed E-state index contributed by atoms with van der Waals surface area (Å²) in [5, 5.41) is 0. The van der Waals surface area contributed by atoms with Gasteiger partial charge in [0.05, 0.1) is 12.0 Å².